The van der Waals surface area contributed by atoms with Crippen LogP contribution in [0.3, 0.4) is 0 Å². The Morgan fingerprint density at radius 2 is 1.06 bits per heavy atom. The van der Waals surface area contributed by atoms with Gasteiger partial charge in [-0.2, -0.15) is 0 Å². The molecule has 2 aliphatic rings. The maximum absolute atomic E-state index is 14.4. The van der Waals surface area contributed by atoms with Gasteiger partial charge in [0.2, 0.25) is 0 Å². The zero-order chi connectivity index (χ0) is 32.7. The van der Waals surface area contributed by atoms with E-state index in [1.54, 1.807) is 0 Å². The average molecular weight is 641 g/mol. The molecular formula is C40H46F2N2O3. The van der Waals surface area contributed by atoms with Crippen LogP contribution in [0, 0.1) is 11.8 Å². The number of hydrogen-bond donors (Lipinski definition) is 0. The fourth-order valence-corrected chi connectivity index (χ4v) is 6.20. The summed E-state index contributed by atoms with van der Waals surface area (Å²) in [5.74, 6) is -3.05. The van der Waals surface area contributed by atoms with Gasteiger partial charge in [-0.1, -0.05) is 121 Å². The van der Waals surface area contributed by atoms with Gasteiger partial charge in [-0.15, -0.1) is 0 Å². The number of alkyl halides is 2. The summed E-state index contributed by atoms with van der Waals surface area (Å²) in [4.78, 5) is 16.7. The van der Waals surface area contributed by atoms with Crippen LogP contribution >= 0.6 is 0 Å². The third kappa shape index (κ3) is 11.5. The van der Waals surface area contributed by atoms with E-state index in [4.69, 9.17) is 9.47 Å². The number of ketones is 1. The van der Waals surface area contributed by atoms with Gasteiger partial charge < -0.3 is 9.47 Å². The van der Waals surface area contributed by atoms with E-state index in [0.717, 1.165) is 43.7 Å². The summed E-state index contributed by atoms with van der Waals surface area (Å²) >= 11 is 0. The van der Waals surface area contributed by atoms with Crippen molar-refractivity contribution < 1.29 is 23.0 Å². The minimum absolute atomic E-state index is 0.120. The number of hydrogen-bond acceptors (Lipinski definition) is 5. The smallest absolute Gasteiger partial charge is 0.275 e. The lowest BCUT2D eigenvalue weighted by Crippen LogP contribution is -2.35. The Labute approximate surface area is 278 Å². The predicted molar refractivity (Wildman–Crippen MR) is 182 cm³/mol. The van der Waals surface area contributed by atoms with E-state index in [0.29, 0.717) is 26.1 Å². The number of rotatable bonds is 14. The Bertz CT molecular complexity index is 1460. The molecule has 0 aromatic heterocycles. The molecule has 2 fully saturated rings. The molecule has 5 nitrogen and oxygen atoms in total. The largest absolute Gasteiger partial charge is 0.371 e. The number of halogens is 2. The van der Waals surface area contributed by atoms with Crippen molar-refractivity contribution in [2.75, 3.05) is 39.4 Å². The second-order valence-electron chi connectivity index (χ2n) is 12.6. The van der Waals surface area contributed by atoms with Gasteiger partial charge in [0.25, 0.3) is 5.92 Å². The SMILES string of the molecule is FC(F)(COCc1ccccc1)C1CCN(Cc2ccccc2)C1.O=C(COCc1ccccc1)C1CCN(Cc2ccccc2)C1. The van der Waals surface area contributed by atoms with Crippen LogP contribution in [-0.4, -0.2) is 60.9 Å². The van der Waals surface area contributed by atoms with E-state index in [9.17, 15) is 13.6 Å². The number of benzene rings is 4. The molecule has 0 spiro atoms. The Morgan fingerprint density at radius 1 is 0.617 bits per heavy atom. The highest BCUT2D eigenvalue weighted by Gasteiger charge is 2.43. The van der Waals surface area contributed by atoms with E-state index in [1.165, 1.54) is 11.1 Å². The summed E-state index contributed by atoms with van der Waals surface area (Å²) in [7, 11) is 0. The fourth-order valence-electron chi connectivity index (χ4n) is 6.20. The summed E-state index contributed by atoms with van der Waals surface area (Å²) in [5, 5.41) is 0. The Hall–Kier alpha value is -3.75. The van der Waals surface area contributed by atoms with Gasteiger partial charge >= 0.3 is 0 Å². The highest BCUT2D eigenvalue weighted by atomic mass is 19.3. The molecule has 0 amide bonds. The van der Waals surface area contributed by atoms with Crippen LogP contribution in [-0.2, 0) is 40.6 Å². The molecule has 2 unspecified atom stereocenters. The van der Waals surface area contributed by atoms with Gasteiger partial charge in [0.05, 0.1) is 13.2 Å². The van der Waals surface area contributed by atoms with Crippen molar-refractivity contribution >= 4 is 5.78 Å². The quantitative estimate of drug-likeness (QED) is 0.142. The van der Waals surface area contributed by atoms with E-state index in [-0.39, 0.29) is 24.9 Å². The van der Waals surface area contributed by atoms with Gasteiger partial charge in [0.15, 0.2) is 5.78 Å². The van der Waals surface area contributed by atoms with Crippen molar-refractivity contribution in [3.05, 3.63) is 144 Å². The molecule has 0 bridgehead atoms. The normalized spacial score (nSPS) is 18.5. The molecule has 7 heteroatoms. The zero-order valence-electron chi connectivity index (χ0n) is 27.1. The van der Waals surface area contributed by atoms with Crippen LogP contribution in [0.5, 0.6) is 0 Å². The summed E-state index contributed by atoms with van der Waals surface area (Å²) in [6.45, 7) is 5.10. The third-order valence-electron chi connectivity index (χ3n) is 8.86. The molecule has 0 saturated carbocycles. The number of carbonyl (C=O) groups is 1. The maximum Gasteiger partial charge on any atom is 0.275 e. The lowest BCUT2D eigenvalue weighted by Gasteiger charge is -2.24. The Morgan fingerprint density at radius 3 is 1.60 bits per heavy atom. The second-order valence-corrected chi connectivity index (χ2v) is 12.6. The number of ether oxygens (including phenoxy) is 2. The summed E-state index contributed by atoms with van der Waals surface area (Å²) in [5.41, 5.74) is 4.51. The first-order valence-electron chi connectivity index (χ1n) is 16.6. The molecule has 248 valence electrons. The van der Waals surface area contributed by atoms with E-state index >= 15 is 0 Å². The molecule has 2 heterocycles. The molecule has 6 rings (SSSR count). The first-order valence-corrected chi connectivity index (χ1v) is 16.6. The first kappa shape index (κ1) is 34.6. The van der Waals surface area contributed by atoms with Crippen molar-refractivity contribution in [1.82, 2.24) is 9.80 Å². The van der Waals surface area contributed by atoms with Gasteiger partial charge in [-0.3, -0.25) is 14.6 Å². The number of nitrogens with zero attached hydrogens (tertiary/aromatic N) is 2. The summed E-state index contributed by atoms with van der Waals surface area (Å²) in [6, 6.07) is 39.8. The topological polar surface area (TPSA) is 42.0 Å². The molecule has 0 aliphatic carbocycles. The number of carbonyl (C=O) groups excluding carboxylic acids is 1. The molecule has 2 saturated heterocycles. The monoisotopic (exact) mass is 640 g/mol. The number of Topliss-reactive ketones (excluding diaryl/α,β-unsaturated/α-hetero) is 1. The minimum atomic E-state index is -2.78. The van der Waals surface area contributed by atoms with Crippen LogP contribution < -0.4 is 0 Å². The lowest BCUT2D eigenvalue weighted by molar-refractivity contribution is -0.127. The highest BCUT2D eigenvalue weighted by Crippen LogP contribution is 2.33. The van der Waals surface area contributed by atoms with Crippen molar-refractivity contribution in [3.63, 3.8) is 0 Å². The van der Waals surface area contributed by atoms with Crippen LogP contribution in [0.1, 0.15) is 35.1 Å². The molecule has 2 aliphatic heterocycles. The Balaban J connectivity index is 0.000000185. The molecule has 0 N–H and O–H groups in total. The molecule has 4 aromatic rings. The first-order chi connectivity index (χ1) is 22.9. The van der Waals surface area contributed by atoms with Gasteiger partial charge in [0, 0.05) is 38.0 Å². The van der Waals surface area contributed by atoms with Crippen LogP contribution in [0.15, 0.2) is 121 Å². The standard InChI is InChI=1S/C20H23F2NO.C20H23NO2/c21-20(22,16-24-15-18-9-5-2-6-10-18)19-11-12-23(14-19)13-17-7-3-1-4-8-17;22-20(16-23-15-18-9-5-2-6-10-18)19-11-12-21(14-19)13-17-7-3-1-4-8-17/h1-10,19H,11-16H2;1-10,19H,11-16H2. The summed E-state index contributed by atoms with van der Waals surface area (Å²) in [6.07, 6.45) is 1.47. The van der Waals surface area contributed by atoms with Crippen LogP contribution in [0.2, 0.25) is 0 Å². The molecule has 4 aromatic carbocycles. The van der Waals surface area contributed by atoms with Crippen LogP contribution in [0.25, 0.3) is 0 Å². The van der Waals surface area contributed by atoms with Crippen molar-refractivity contribution in [2.45, 2.75) is 45.1 Å². The van der Waals surface area contributed by atoms with Gasteiger partial charge in [0.1, 0.15) is 13.2 Å². The van der Waals surface area contributed by atoms with E-state index in [1.807, 2.05) is 97.1 Å². The molecule has 47 heavy (non-hydrogen) atoms. The predicted octanol–water partition coefficient (Wildman–Crippen LogP) is 7.66. The summed E-state index contributed by atoms with van der Waals surface area (Å²) < 4.78 is 39.6. The van der Waals surface area contributed by atoms with E-state index in [2.05, 4.69) is 34.1 Å². The average Bonchev–Trinajstić information content (AvgIpc) is 3.78. The van der Waals surface area contributed by atoms with Gasteiger partial charge in [-0.05, 0) is 48.2 Å². The highest BCUT2D eigenvalue weighted by molar-refractivity contribution is 5.82. The van der Waals surface area contributed by atoms with Crippen molar-refractivity contribution in [2.24, 2.45) is 11.8 Å². The van der Waals surface area contributed by atoms with E-state index < -0.39 is 18.4 Å². The zero-order valence-corrected chi connectivity index (χ0v) is 27.1. The Kier molecular flexibility index (Phi) is 13.2. The second kappa shape index (κ2) is 18.0. The number of likely N-dealkylation sites (tertiary alicyclic amines) is 2. The lowest BCUT2D eigenvalue weighted by atomic mass is 10.0. The third-order valence-corrected chi connectivity index (χ3v) is 8.86. The van der Waals surface area contributed by atoms with Gasteiger partial charge in [-0.25, -0.2) is 8.78 Å². The minimum Gasteiger partial charge on any atom is -0.371 e. The van der Waals surface area contributed by atoms with Crippen LogP contribution in [0.4, 0.5) is 8.78 Å². The molecule has 0 radical (unpaired) electrons. The van der Waals surface area contributed by atoms with Crippen molar-refractivity contribution in [3.8, 4) is 0 Å². The molecule has 2 atom stereocenters. The van der Waals surface area contributed by atoms with Crippen molar-refractivity contribution in [1.29, 1.82) is 0 Å². The molecular weight excluding hydrogens is 594 g/mol. The maximum atomic E-state index is 14.4. The fraction of sp³-hybridized carbons (Fsp3) is 0.375.